The third-order valence-corrected chi connectivity index (χ3v) is 2.87. The summed E-state index contributed by atoms with van der Waals surface area (Å²) in [6.07, 6.45) is -3.79. The molecule has 0 aliphatic rings. The van der Waals surface area contributed by atoms with E-state index in [0.717, 1.165) is 18.6 Å². The molecule has 0 unspecified atom stereocenters. The SMILES string of the molecule is CC(C)(CCN)CNc1ccc(C(F)(F)F)cc1F. The van der Waals surface area contributed by atoms with Gasteiger partial charge in [-0.15, -0.1) is 0 Å². The lowest BCUT2D eigenvalue weighted by atomic mass is 9.89. The zero-order chi connectivity index (χ0) is 14.7. The highest BCUT2D eigenvalue weighted by molar-refractivity contribution is 5.47. The topological polar surface area (TPSA) is 38.0 Å². The Kier molecular flexibility index (Phi) is 4.79. The molecular formula is C13H18F4N2. The van der Waals surface area contributed by atoms with E-state index in [1.54, 1.807) is 0 Å². The van der Waals surface area contributed by atoms with Crippen LogP contribution in [-0.4, -0.2) is 13.1 Å². The van der Waals surface area contributed by atoms with Gasteiger partial charge >= 0.3 is 6.18 Å². The van der Waals surface area contributed by atoms with Crippen molar-refractivity contribution >= 4 is 5.69 Å². The number of alkyl halides is 3. The van der Waals surface area contributed by atoms with E-state index in [4.69, 9.17) is 5.73 Å². The first-order valence-corrected chi connectivity index (χ1v) is 5.96. The van der Waals surface area contributed by atoms with Gasteiger partial charge in [0.2, 0.25) is 0 Å². The average molecular weight is 278 g/mol. The van der Waals surface area contributed by atoms with Crippen LogP contribution in [-0.2, 0) is 6.18 Å². The minimum absolute atomic E-state index is 0.0677. The molecule has 0 aromatic heterocycles. The highest BCUT2D eigenvalue weighted by atomic mass is 19.4. The van der Waals surface area contributed by atoms with E-state index in [1.165, 1.54) is 0 Å². The first-order valence-electron chi connectivity index (χ1n) is 5.96. The third-order valence-electron chi connectivity index (χ3n) is 2.87. The van der Waals surface area contributed by atoms with E-state index >= 15 is 0 Å². The van der Waals surface area contributed by atoms with E-state index in [9.17, 15) is 17.6 Å². The van der Waals surface area contributed by atoms with Crippen molar-refractivity contribution < 1.29 is 17.6 Å². The summed E-state index contributed by atoms with van der Waals surface area (Å²) < 4.78 is 50.7. The fourth-order valence-electron chi connectivity index (χ4n) is 1.65. The minimum Gasteiger partial charge on any atom is -0.382 e. The van der Waals surface area contributed by atoms with Crippen LogP contribution >= 0.6 is 0 Å². The Morgan fingerprint density at radius 1 is 1.21 bits per heavy atom. The van der Waals surface area contributed by atoms with Gasteiger partial charge < -0.3 is 11.1 Å². The Morgan fingerprint density at radius 3 is 2.32 bits per heavy atom. The minimum atomic E-state index is -4.53. The van der Waals surface area contributed by atoms with Gasteiger partial charge in [0.15, 0.2) is 0 Å². The van der Waals surface area contributed by atoms with Crippen LogP contribution in [0, 0.1) is 11.2 Å². The first-order chi connectivity index (χ1) is 8.65. The lowest BCUT2D eigenvalue weighted by Crippen LogP contribution is -2.26. The predicted molar refractivity (Wildman–Crippen MR) is 67.3 cm³/mol. The van der Waals surface area contributed by atoms with Crippen molar-refractivity contribution in [1.29, 1.82) is 0 Å². The number of halogens is 4. The third kappa shape index (κ3) is 4.70. The Balaban J connectivity index is 2.76. The molecule has 19 heavy (non-hydrogen) atoms. The van der Waals surface area contributed by atoms with Crippen LogP contribution in [0.15, 0.2) is 18.2 Å². The van der Waals surface area contributed by atoms with Crippen LogP contribution in [0.3, 0.4) is 0 Å². The van der Waals surface area contributed by atoms with Gasteiger partial charge in [-0.3, -0.25) is 0 Å². The lowest BCUT2D eigenvalue weighted by Gasteiger charge is -2.25. The van der Waals surface area contributed by atoms with Crippen molar-refractivity contribution in [3.8, 4) is 0 Å². The van der Waals surface area contributed by atoms with Gasteiger partial charge in [-0.2, -0.15) is 13.2 Å². The molecule has 1 aromatic carbocycles. The average Bonchev–Trinajstić information content (AvgIpc) is 2.26. The smallest absolute Gasteiger partial charge is 0.382 e. The summed E-state index contributed by atoms with van der Waals surface area (Å²) in [6.45, 7) is 4.85. The molecule has 0 bridgehead atoms. The molecular weight excluding hydrogens is 260 g/mol. The van der Waals surface area contributed by atoms with Crippen LogP contribution < -0.4 is 11.1 Å². The second kappa shape index (κ2) is 5.77. The van der Waals surface area contributed by atoms with Crippen LogP contribution in [0.5, 0.6) is 0 Å². The fraction of sp³-hybridized carbons (Fsp3) is 0.538. The summed E-state index contributed by atoms with van der Waals surface area (Å²) >= 11 is 0. The van der Waals surface area contributed by atoms with Gasteiger partial charge in [0.05, 0.1) is 11.3 Å². The summed E-state index contributed by atoms with van der Waals surface area (Å²) in [7, 11) is 0. The molecule has 1 aromatic rings. The lowest BCUT2D eigenvalue weighted by molar-refractivity contribution is -0.137. The normalized spacial score (nSPS) is 12.6. The molecule has 0 aliphatic carbocycles. The zero-order valence-electron chi connectivity index (χ0n) is 10.9. The van der Waals surface area contributed by atoms with Crippen molar-refractivity contribution in [2.45, 2.75) is 26.4 Å². The number of nitrogens with two attached hydrogens (primary N) is 1. The van der Waals surface area contributed by atoms with Gasteiger partial charge in [0.25, 0.3) is 0 Å². The van der Waals surface area contributed by atoms with Crippen LogP contribution in [0.1, 0.15) is 25.8 Å². The molecule has 108 valence electrons. The maximum Gasteiger partial charge on any atom is 0.416 e. The molecule has 0 radical (unpaired) electrons. The number of anilines is 1. The summed E-state index contributed by atoms with van der Waals surface area (Å²) in [5, 5.41) is 2.82. The molecule has 0 heterocycles. The second-order valence-electron chi connectivity index (χ2n) is 5.25. The van der Waals surface area contributed by atoms with Gasteiger partial charge in [-0.05, 0) is 36.6 Å². The number of benzene rings is 1. The fourth-order valence-corrected chi connectivity index (χ4v) is 1.65. The summed E-state index contributed by atoms with van der Waals surface area (Å²) in [6, 6.07) is 2.47. The number of hydrogen-bond donors (Lipinski definition) is 2. The number of rotatable bonds is 5. The van der Waals surface area contributed by atoms with Crippen LogP contribution in [0.25, 0.3) is 0 Å². The van der Waals surface area contributed by atoms with Crippen molar-refractivity contribution in [2.24, 2.45) is 11.1 Å². The molecule has 3 N–H and O–H groups in total. The molecule has 1 rings (SSSR count). The van der Waals surface area contributed by atoms with Crippen molar-refractivity contribution in [2.75, 3.05) is 18.4 Å². The van der Waals surface area contributed by atoms with Gasteiger partial charge in [0, 0.05) is 6.54 Å². The van der Waals surface area contributed by atoms with Crippen molar-refractivity contribution in [3.05, 3.63) is 29.6 Å². The highest BCUT2D eigenvalue weighted by Gasteiger charge is 2.31. The molecule has 0 atom stereocenters. The molecule has 0 spiro atoms. The van der Waals surface area contributed by atoms with E-state index in [-0.39, 0.29) is 11.1 Å². The predicted octanol–water partition coefficient (Wildman–Crippen LogP) is 3.63. The molecule has 6 heteroatoms. The van der Waals surface area contributed by atoms with Gasteiger partial charge in [-0.1, -0.05) is 13.8 Å². The molecule has 0 fully saturated rings. The summed E-state index contributed by atoms with van der Waals surface area (Å²) in [5.41, 5.74) is 4.38. The Hall–Kier alpha value is -1.30. The molecule has 2 nitrogen and oxygen atoms in total. The highest BCUT2D eigenvalue weighted by Crippen LogP contribution is 2.31. The van der Waals surface area contributed by atoms with E-state index < -0.39 is 17.6 Å². The first kappa shape index (κ1) is 15.8. The van der Waals surface area contributed by atoms with Crippen molar-refractivity contribution in [1.82, 2.24) is 0 Å². The van der Waals surface area contributed by atoms with E-state index in [0.29, 0.717) is 19.2 Å². The second-order valence-corrected chi connectivity index (χ2v) is 5.25. The largest absolute Gasteiger partial charge is 0.416 e. The molecule has 0 saturated heterocycles. The summed E-state index contributed by atoms with van der Waals surface area (Å²) in [4.78, 5) is 0. The Morgan fingerprint density at radius 2 is 1.84 bits per heavy atom. The van der Waals surface area contributed by atoms with Crippen LogP contribution in [0.4, 0.5) is 23.2 Å². The molecule has 0 amide bonds. The Labute approximate surface area is 110 Å². The quantitative estimate of drug-likeness (QED) is 0.807. The molecule has 0 aliphatic heterocycles. The molecule has 0 saturated carbocycles. The van der Waals surface area contributed by atoms with E-state index in [2.05, 4.69) is 5.32 Å². The maximum atomic E-state index is 13.6. The van der Waals surface area contributed by atoms with Crippen molar-refractivity contribution in [3.63, 3.8) is 0 Å². The zero-order valence-corrected chi connectivity index (χ0v) is 10.9. The van der Waals surface area contributed by atoms with Gasteiger partial charge in [-0.25, -0.2) is 4.39 Å². The van der Waals surface area contributed by atoms with Gasteiger partial charge in [0.1, 0.15) is 5.82 Å². The maximum absolute atomic E-state index is 13.6. The summed E-state index contributed by atoms with van der Waals surface area (Å²) in [5.74, 6) is -0.904. The number of hydrogen-bond acceptors (Lipinski definition) is 2. The van der Waals surface area contributed by atoms with E-state index in [1.807, 2.05) is 13.8 Å². The standard InChI is InChI=1S/C13H18F4N2/c1-12(2,5-6-18)8-19-11-4-3-9(7-10(11)14)13(15,16)17/h3-4,7,19H,5-6,8,18H2,1-2H3. The monoisotopic (exact) mass is 278 g/mol. The van der Waals surface area contributed by atoms with Crippen LogP contribution in [0.2, 0.25) is 0 Å². The number of nitrogens with one attached hydrogen (secondary N) is 1. The Bertz CT molecular complexity index is 427.